The predicted molar refractivity (Wildman–Crippen MR) is 105 cm³/mol. The number of unbranched alkanes of at least 4 members (excludes halogenated alkanes) is 2. The van der Waals surface area contributed by atoms with Gasteiger partial charge in [0, 0.05) is 13.0 Å². The Hall–Kier alpha value is -2.37. The monoisotopic (exact) mass is 437 g/mol. The predicted octanol–water partition coefficient (Wildman–Crippen LogP) is -0.160. The molecule has 2 aliphatic rings. The van der Waals surface area contributed by atoms with Gasteiger partial charge in [0.2, 0.25) is 0 Å². The zero-order chi connectivity index (χ0) is 22.5. The average molecular weight is 437 g/mol. The van der Waals surface area contributed by atoms with Gasteiger partial charge in [0.25, 0.3) is 11.8 Å². The van der Waals surface area contributed by atoms with Crippen molar-refractivity contribution < 1.29 is 43.9 Å². The lowest BCUT2D eigenvalue weighted by Gasteiger charge is -2.44. The lowest BCUT2D eigenvalue weighted by molar-refractivity contribution is -0.279. The number of hydrogen-bond donors (Lipinski definition) is 3. The minimum absolute atomic E-state index is 0.159. The zero-order valence-corrected chi connectivity index (χ0v) is 17.2. The molecule has 0 spiro atoms. The fourth-order valence-corrected chi connectivity index (χ4v) is 3.81. The van der Waals surface area contributed by atoms with E-state index in [2.05, 4.69) is 4.74 Å². The Balaban J connectivity index is 1.71. The molecular weight excluding hydrogens is 410 g/mol. The molecule has 3 rings (SSSR count). The molecule has 0 radical (unpaired) electrons. The molecule has 0 aliphatic carbocycles. The Labute approximate surface area is 179 Å². The zero-order valence-electron chi connectivity index (χ0n) is 17.2. The second kappa shape index (κ2) is 10.3. The number of hydrogen-bond acceptors (Lipinski definition) is 9. The maximum absolute atomic E-state index is 12.9. The Kier molecular flexibility index (Phi) is 7.74. The number of carbonyl (C=O) groups is 3. The summed E-state index contributed by atoms with van der Waals surface area (Å²) in [5.41, 5.74) is 0.389. The summed E-state index contributed by atoms with van der Waals surface area (Å²) >= 11 is 0. The first-order chi connectivity index (χ1) is 14.9. The molecule has 1 fully saturated rings. The number of aliphatic hydroxyl groups excluding tert-OH is 3. The summed E-state index contributed by atoms with van der Waals surface area (Å²) in [5.74, 6) is -1.53. The molecule has 0 bridgehead atoms. The van der Waals surface area contributed by atoms with Crippen LogP contribution in [0.3, 0.4) is 0 Å². The highest BCUT2D eigenvalue weighted by Gasteiger charge is 2.53. The van der Waals surface area contributed by atoms with Crippen LogP contribution in [0.25, 0.3) is 0 Å². The minimum Gasteiger partial charge on any atom is -0.469 e. The summed E-state index contributed by atoms with van der Waals surface area (Å²) in [5, 5.41) is 30.5. The van der Waals surface area contributed by atoms with E-state index < -0.39 is 49.1 Å². The maximum Gasteiger partial charge on any atom is 0.305 e. The summed E-state index contributed by atoms with van der Waals surface area (Å²) in [6.45, 7) is -0.418. The van der Waals surface area contributed by atoms with Gasteiger partial charge in [-0.2, -0.15) is 0 Å². The SMILES string of the molecule is COC(=O)CCCCCOC1OC(CO)C(O)C(O)C1N1C(=O)c2ccccc2C1=O. The molecule has 2 amide bonds. The summed E-state index contributed by atoms with van der Waals surface area (Å²) in [4.78, 5) is 37.8. The highest BCUT2D eigenvalue weighted by Crippen LogP contribution is 2.32. The molecule has 31 heavy (non-hydrogen) atoms. The fraction of sp³-hybridized carbons (Fsp3) is 0.571. The fourth-order valence-electron chi connectivity index (χ4n) is 3.81. The van der Waals surface area contributed by atoms with Gasteiger partial charge in [-0.1, -0.05) is 18.6 Å². The second-order valence-electron chi connectivity index (χ2n) is 7.48. The van der Waals surface area contributed by atoms with Crippen molar-refractivity contribution in [2.45, 2.75) is 56.3 Å². The van der Waals surface area contributed by atoms with Crippen molar-refractivity contribution in [3.63, 3.8) is 0 Å². The van der Waals surface area contributed by atoms with E-state index in [1.54, 1.807) is 12.1 Å². The van der Waals surface area contributed by atoms with E-state index in [0.29, 0.717) is 19.3 Å². The molecule has 5 unspecified atom stereocenters. The molecule has 0 saturated carbocycles. The summed E-state index contributed by atoms with van der Waals surface area (Å²) in [6, 6.07) is 4.98. The van der Waals surface area contributed by atoms with Crippen molar-refractivity contribution in [2.24, 2.45) is 0 Å². The molecule has 10 nitrogen and oxygen atoms in total. The van der Waals surface area contributed by atoms with Crippen molar-refractivity contribution in [1.29, 1.82) is 0 Å². The molecule has 0 aromatic heterocycles. The molecular formula is C21H27NO9. The first-order valence-corrected chi connectivity index (χ1v) is 10.2. The number of fused-ring (bicyclic) bond motifs is 1. The number of rotatable bonds is 9. The smallest absolute Gasteiger partial charge is 0.305 e. The van der Waals surface area contributed by atoms with E-state index in [-0.39, 0.29) is 30.1 Å². The highest BCUT2D eigenvalue weighted by molar-refractivity contribution is 6.21. The van der Waals surface area contributed by atoms with Crippen LogP contribution in [-0.2, 0) is 19.0 Å². The van der Waals surface area contributed by atoms with Crippen LogP contribution < -0.4 is 0 Å². The minimum atomic E-state index is -1.57. The van der Waals surface area contributed by atoms with Crippen molar-refractivity contribution >= 4 is 17.8 Å². The van der Waals surface area contributed by atoms with E-state index >= 15 is 0 Å². The molecule has 5 atom stereocenters. The third-order valence-corrected chi connectivity index (χ3v) is 5.51. The molecule has 2 aliphatic heterocycles. The quantitative estimate of drug-likeness (QED) is 0.273. The van der Waals surface area contributed by atoms with Gasteiger partial charge < -0.3 is 29.5 Å². The number of methoxy groups -OCH3 is 1. The Morgan fingerprint density at radius 1 is 1.06 bits per heavy atom. The first kappa shape index (κ1) is 23.3. The van der Waals surface area contributed by atoms with Crippen molar-refractivity contribution in [1.82, 2.24) is 4.90 Å². The van der Waals surface area contributed by atoms with Crippen LogP contribution >= 0.6 is 0 Å². The van der Waals surface area contributed by atoms with Gasteiger partial charge in [-0.25, -0.2) is 0 Å². The standard InChI is InChI=1S/C21H27NO9/c1-29-15(24)9-3-2-6-10-30-21-16(18(26)17(25)14(11-23)31-21)22-19(27)12-7-4-5-8-13(12)20(22)28/h4-5,7-8,14,16-18,21,23,25-26H,2-3,6,9-11H2,1H3. The number of carbonyl (C=O) groups excluding carboxylic acids is 3. The third-order valence-electron chi connectivity index (χ3n) is 5.51. The largest absolute Gasteiger partial charge is 0.469 e. The Morgan fingerprint density at radius 2 is 1.71 bits per heavy atom. The Morgan fingerprint density at radius 3 is 2.29 bits per heavy atom. The molecule has 170 valence electrons. The highest BCUT2D eigenvalue weighted by atomic mass is 16.7. The van der Waals surface area contributed by atoms with Gasteiger partial charge in [-0.05, 0) is 25.0 Å². The van der Waals surface area contributed by atoms with Gasteiger partial charge in [-0.3, -0.25) is 19.3 Å². The lowest BCUT2D eigenvalue weighted by atomic mass is 9.95. The van der Waals surface area contributed by atoms with E-state index in [1.165, 1.54) is 19.2 Å². The maximum atomic E-state index is 12.9. The second-order valence-corrected chi connectivity index (χ2v) is 7.48. The molecule has 3 N–H and O–H groups in total. The van der Waals surface area contributed by atoms with E-state index in [1.807, 2.05) is 0 Å². The number of amides is 2. The lowest BCUT2D eigenvalue weighted by Crippen LogP contribution is -2.65. The number of imide groups is 1. The number of nitrogens with zero attached hydrogens (tertiary/aromatic N) is 1. The van der Waals surface area contributed by atoms with Gasteiger partial charge in [-0.15, -0.1) is 0 Å². The van der Waals surface area contributed by atoms with Gasteiger partial charge >= 0.3 is 5.97 Å². The molecule has 2 heterocycles. The van der Waals surface area contributed by atoms with Gasteiger partial charge in [0.1, 0.15) is 24.4 Å². The van der Waals surface area contributed by atoms with Crippen LogP contribution in [0.15, 0.2) is 24.3 Å². The van der Waals surface area contributed by atoms with Crippen LogP contribution in [0.5, 0.6) is 0 Å². The summed E-state index contributed by atoms with van der Waals surface area (Å²) in [6.07, 6.45) is -3.36. The van der Waals surface area contributed by atoms with E-state index in [0.717, 1.165) is 4.90 Å². The van der Waals surface area contributed by atoms with Crippen LogP contribution in [0.2, 0.25) is 0 Å². The normalized spacial score (nSPS) is 28.0. The first-order valence-electron chi connectivity index (χ1n) is 10.2. The van der Waals surface area contributed by atoms with Gasteiger partial charge in [0.05, 0.1) is 24.8 Å². The number of aliphatic hydroxyl groups is 3. The van der Waals surface area contributed by atoms with E-state index in [4.69, 9.17) is 9.47 Å². The summed E-state index contributed by atoms with van der Waals surface area (Å²) < 4.78 is 15.9. The van der Waals surface area contributed by atoms with Gasteiger partial charge in [0.15, 0.2) is 6.29 Å². The van der Waals surface area contributed by atoms with Crippen molar-refractivity contribution in [3.05, 3.63) is 35.4 Å². The van der Waals surface area contributed by atoms with Crippen molar-refractivity contribution in [2.75, 3.05) is 20.3 Å². The van der Waals surface area contributed by atoms with Crippen LogP contribution in [0, 0.1) is 0 Å². The molecule has 1 aromatic carbocycles. The molecule has 1 saturated heterocycles. The topological polar surface area (TPSA) is 143 Å². The molecule has 1 aromatic rings. The average Bonchev–Trinajstić information content (AvgIpc) is 3.03. The number of esters is 1. The Bertz CT molecular complexity index is 779. The van der Waals surface area contributed by atoms with Crippen LogP contribution in [0.1, 0.15) is 46.4 Å². The van der Waals surface area contributed by atoms with Crippen molar-refractivity contribution in [3.8, 4) is 0 Å². The third kappa shape index (κ3) is 4.78. The van der Waals surface area contributed by atoms with Crippen LogP contribution in [0.4, 0.5) is 0 Å². The molecule has 10 heteroatoms. The number of ether oxygens (including phenoxy) is 3. The van der Waals surface area contributed by atoms with E-state index in [9.17, 15) is 29.7 Å². The number of benzene rings is 1. The van der Waals surface area contributed by atoms with Crippen LogP contribution in [-0.4, -0.2) is 89.0 Å². The summed E-state index contributed by atoms with van der Waals surface area (Å²) in [7, 11) is 1.32.